The maximum atomic E-state index is 12.0. The second-order valence-electron chi connectivity index (χ2n) is 5.32. The van der Waals surface area contributed by atoms with Crippen LogP contribution in [0, 0.1) is 6.92 Å². The molecule has 0 fully saturated rings. The monoisotopic (exact) mass is 496 g/mol. The summed E-state index contributed by atoms with van der Waals surface area (Å²) in [5.74, 6) is 0.708. The van der Waals surface area contributed by atoms with E-state index in [1.165, 1.54) is 0 Å². The van der Waals surface area contributed by atoms with Gasteiger partial charge in [-0.15, -0.1) is 24.0 Å². The van der Waals surface area contributed by atoms with Gasteiger partial charge in [-0.05, 0) is 51.5 Å². The van der Waals surface area contributed by atoms with E-state index in [9.17, 15) is 4.79 Å². The van der Waals surface area contributed by atoms with Crippen LogP contribution in [0.15, 0.2) is 27.7 Å². The minimum atomic E-state index is -0.0328. The number of rotatable bonds is 6. The zero-order valence-corrected chi connectivity index (χ0v) is 18.0. The number of carbonyl (C=O) groups is 1. The molecule has 0 radical (unpaired) electrons. The molecule has 23 heavy (non-hydrogen) atoms. The zero-order chi connectivity index (χ0) is 16.5. The van der Waals surface area contributed by atoms with Crippen molar-refractivity contribution < 1.29 is 4.79 Å². The van der Waals surface area contributed by atoms with Gasteiger partial charge >= 0.3 is 0 Å². The Kier molecular flexibility index (Phi) is 11.2. The van der Waals surface area contributed by atoms with Crippen molar-refractivity contribution in [2.24, 2.45) is 4.99 Å². The molecule has 1 rings (SSSR count). The molecule has 0 aliphatic rings. The lowest BCUT2D eigenvalue weighted by atomic mass is 10.2. The van der Waals surface area contributed by atoms with Crippen molar-refractivity contribution in [1.29, 1.82) is 0 Å². The summed E-state index contributed by atoms with van der Waals surface area (Å²) in [4.78, 5) is 16.4. The van der Waals surface area contributed by atoms with Crippen LogP contribution in [0.3, 0.4) is 0 Å². The van der Waals surface area contributed by atoms with Crippen LogP contribution in [0.5, 0.6) is 0 Å². The Morgan fingerprint density at radius 1 is 1.35 bits per heavy atom. The highest BCUT2D eigenvalue weighted by molar-refractivity contribution is 14.0. The van der Waals surface area contributed by atoms with E-state index in [0.717, 1.165) is 28.2 Å². The van der Waals surface area contributed by atoms with E-state index < -0.39 is 0 Å². The lowest BCUT2D eigenvalue weighted by Gasteiger charge is -2.14. The molecule has 0 aliphatic heterocycles. The second-order valence-corrected chi connectivity index (χ2v) is 6.23. The quantitative estimate of drug-likeness (QED) is 0.320. The van der Waals surface area contributed by atoms with Crippen molar-refractivity contribution in [3.63, 3.8) is 0 Å². The molecule has 7 heteroatoms. The smallest absolute Gasteiger partial charge is 0.226 e. The van der Waals surface area contributed by atoms with Crippen molar-refractivity contribution >= 4 is 57.5 Å². The first-order valence-electron chi connectivity index (χ1n) is 7.53. The molecule has 1 aromatic rings. The van der Waals surface area contributed by atoms with Gasteiger partial charge in [0.05, 0.1) is 6.54 Å². The van der Waals surface area contributed by atoms with Crippen LogP contribution in [-0.2, 0) is 4.79 Å². The number of anilines is 1. The number of halogens is 2. The Hall–Kier alpha value is -0.830. The Labute approximate surface area is 164 Å². The predicted molar refractivity (Wildman–Crippen MR) is 112 cm³/mol. The van der Waals surface area contributed by atoms with Crippen LogP contribution >= 0.6 is 39.9 Å². The minimum Gasteiger partial charge on any atom is -0.357 e. The Morgan fingerprint density at radius 2 is 2.04 bits per heavy atom. The first-order chi connectivity index (χ1) is 10.4. The maximum absolute atomic E-state index is 12.0. The third-order valence-corrected chi connectivity index (χ3v) is 3.33. The molecule has 1 amide bonds. The number of nitrogens with zero attached hydrogens (tertiary/aromatic N) is 1. The molecule has 0 spiro atoms. The molecule has 0 saturated heterocycles. The van der Waals surface area contributed by atoms with E-state index in [1.54, 1.807) is 0 Å². The molecule has 0 unspecified atom stereocenters. The normalized spacial score (nSPS) is 11.0. The van der Waals surface area contributed by atoms with Crippen LogP contribution in [0.4, 0.5) is 5.69 Å². The highest BCUT2D eigenvalue weighted by atomic mass is 127. The van der Waals surface area contributed by atoms with E-state index in [-0.39, 0.29) is 29.9 Å². The fourth-order valence-electron chi connectivity index (χ4n) is 1.84. The number of hydrogen-bond donors (Lipinski definition) is 3. The van der Waals surface area contributed by atoms with E-state index in [2.05, 4.69) is 50.7 Å². The summed E-state index contributed by atoms with van der Waals surface area (Å²) in [6.45, 7) is 9.33. The maximum Gasteiger partial charge on any atom is 0.226 e. The molecule has 130 valence electrons. The van der Waals surface area contributed by atoms with Crippen molar-refractivity contribution in [3.8, 4) is 0 Å². The number of hydrogen-bond acceptors (Lipinski definition) is 2. The fourth-order valence-corrected chi connectivity index (χ4v) is 2.32. The van der Waals surface area contributed by atoms with Gasteiger partial charge in [-0.1, -0.05) is 15.9 Å². The number of guanidine groups is 1. The van der Waals surface area contributed by atoms with Crippen LogP contribution in [0.1, 0.15) is 32.8 Å². The summed E-state index contributed by atoms with van der Waals surface area (Å²) in [7, 11) is 0. The van der Waals surface area contributed by atoms with Crippen LogP contribution < -0.4 is 16.0 Å². The number of carbonyl (C=O) groups excluding carboxylic acids is 1. The Bertz CT molecular complexity index is 535. The molecule has 0 bridgehead atoms. The summed E-state index contributed by atoms with van der Waals surface area (Å²) in [5.41, 5.74) is 1.87. The third kappa shape index (κ3) is 9.14. The fraction of sp³-hybridized carbons (Fsp3) is 0.500. The molecule has 0 heterocycles. The average molecular weight is 497 g/mol. The van der Waals surface area contributed by atoms with Crippen molar-refractivity contribution in [2.45, 2.75) is 40.2 Å². The van der Waals surface area contributed by atoms with Gasteiger partial charge < -0.3 is 16.0 Å². The number of nitrogens with one attached hydrogen (secondary N) is 3. The van der Waals surface area contributed by atoms with Gasteiger partial charge in [0.2, 0.25) is 5.91 Å². The van der Waals surface area contributed by atoms with Crippen molar-refractivity contribution in [2.75, 3.05) is 18.4 Å². The van der Waals surface area contributed by atoms with Gasteiger partial charge in [-0.3, -0.25) is 9.79 Å². The number of aryl methyl sites for hydroxylation is 1. The summed E-state index contributed by atoms with van der Waals surface area (Å²) < 4.78 is 1.00. The lowest BCUT2D eigenvalue weighted by molar-refractivity contribution is -0.116. The number of benzene rings is 1. The van der Waals surface area contributed by atoms with Gasteiger partial charge in [-0.2, -0.15) is 0 Å². The molecular formula is C16H26BrIN4O. The predicted octanol–water partition coefficient (Wildman–Crippen LogP) is 3.67. The van der Waals surface area contributed by atoms with E-state index in [1.807, 2.05) is 32.0 Å². The van der Waals surface area contributed by atoms with E-state index >= 15 is 0 Å². The zero-order valence-electron chi connectivity index (χ0n) is 14.1. The Balaban J connectivity index is 0.00000484. The SMILES string of the molecule is CCNC(=NCCC(=O)Nc1ccc(Br)cc1C)NC(C)C.I. The highest BCUT2D eigenvalue weighted by Gasteiger charge is 2.05. The van der Waals surface area contributed by atoms with Crippen molar-refractivity contribution in [3.05, 3.63) is 28.2 Å². The highest BCUT2D eigenvalue weighted by Crippen LogP contribution is 2.20. The van der Waals surface area contributed by atoms with Crippen molar-refractivity contribution in [1.82, 2.24) is 10.6 Å². The van der Waals surface area contributed by atoms with Crippen LogP contribution in [0.2, 0.25) is 0 Å². The molecule has 1 aromatic carbocycles. The number of aliphatic imine (C=N–C) groups is 1. The summed E-state index contributed by atoms with van der Waals surface area (Å²) >= 11 is 3.41. The summed E-state index contributed by atoms with van der Waals surface area (Å²) in [6.07, 6.45) is 0.351. The summed E-state index contributed by atoms with van der Waals surface area (Å²) in [6, 6.07) is 6.09. The Morgan fingerprint density at radius 3 is 2.61 bits per heavy atom. The molecule has 5 nitrogen and oxygen atoms in total. The largest absolute Gasteiger partial charge is 0.357 e. The average Bonchev–Trinajstić information content (AvgIpc) is 2.41. The second kappa shape index (κ2) is 11.7. The van der Waals surface area contributed by atoms with Crippen LogP contribution in [0.25, 0.3) is 0 Å². The van der Waals surface area contributed by atoms with Gasteiger partial charge in [0, 0.05) is 29.2 Å². The summed E-state index contributed by atoms with van der Waals surface area (Å²) in [5, 5.41) is 9.29. The minimum absolute atomic E-state index is 0. The third-order valence-electron chi connectivity index (χ3n) is 2.84. The molecule has 0 saturated carbocycles. The molecule has 0 aromatic heterocycles. The first-order valence-corrected chi connectivity index (χ1v) is 8.32. The van der Waals surface area contributed by atoms with E-state index in [0.29, 0.717) is 19.0 Å². The lowest BCUT2D eigenvalue weighted by Crippen LogP contribution is -2.41. The van der Waals surface area contributed by atoms with Gasteiger partial charge in [0.15, 0.2) is 5.96 Å². The molecular weight excluding hydrogens is 471 g/mol. The molecule has 0 aliphatic carbocycles. The van der Waals surface area contributed by atoms with E-state index in [4.69, 9.17) is 0 Å². The topological polar surface area (TPSA) is 65.5 Å². The van der Waals surface area contributed by atoms with Gasteiger partial charge in [-0.25, -0.2) is 0 Å². The van der Waals surface area contributed by atoms with Gasteiger partial charge in [0.1, 0.15) is 0 Å². The van der Waals surface area contributed by atoms with Crippen LogP contribution in [-0.4, -0.2) is 31.0 Å². The standard InChI is InChI=1S/C16H25BrN4O.HI/c1-5-18-16(20-11(2)3)19-9-8-15(22)21-14-7-6-13(17)10-12(14)4;/h6-7,10-11H,5,8-9H2,1-4H3,(H,21,22)(H2,18,19,20);1H. The number of amides is 1. The molecule has 3 N–H and O–H groups in total. The van der Waals surface area contributed by atoms with Gasteiger partial charge in [0.25, 0.3) is 0 Å². The first kappa shape index (κ1) is 22.2. The molecule has 0 atom stereocenters.